The number of rotatable bonds is 13. The number of aliphatic imine (C=N–C) groups is 1. The third-order valence-electron chi connectivity index (χ3n) is 5.73. The average molecular weight is 504 g/mol. The monoisotopic (exact) mass is 503 g/mol. The van der Waals surface area contributed by atoms with Gasteiger partial charge in [0.1, 0.15) is 6.04 Å². The number of hydrogen-bond donors (Lipinski definition) is 4. The molecule has 0 aliphatic heterocycles. The molecule has 1 heterocycles. The lowest BCUT2D eigenvalue weighted by atomic mass is 10.0. The number of H-pyrrole nitrogens is 1. The Morgan fingerprint density at radius 3 is 2.05 bits per heavy atom. The number of guanidine groups is 1. The molecule has 10 heteroatoms. The van der Waals surface area contributed by atoms with Gasteiger partial charge >= 0.3 is 0 Å². The second-order valence-corrected chi connectivity index (χ2v) is 8.56. The Morgan fingerprint density at radius 2 is 1.54 bits per heavy atom. The van der Waals surface area contributed by atoms with Gasteiger partial charge in [-0.2, -0.15) is 0 Å². The van der Waals surface area contributed by atoms with Crippen LogP contribution in [0.1, 0.15) is 29.7 Å². The predicted octanol–water partition coefficient (Wildman–Crippen LogP) is 1.33. The van der Waals surface area contributed by atoms with Crippen molar-refractivity contribution in [2.45, 2.75) is 38.1 Å². The van der Waals surface area contributed by atoms with Crippen LogP contribution in [-0.4, -0.2) is 57.7 Å². The molecule has 1 unspecified atom stereocenters. The van der Waals surface area contributed by atoms with Crippen molar-refractivity contribution in [1.29, 1.82) is 0 Å². The molecule has 3 aromatic rings. The first-order valence-corrected chi connectivity index (χ1v) is 12.2. The molecular formula is C27H33N7O3. The zero-order valence-corrected chi connectivity index (χ0v) is 20.7. The van der Waals surface area contributed by atoms with Gasteiger partial charge in [-0.05, 0) is 24.0 Å². The van der Waals surface area contributed by atoms with Crippen molar-refractivity contribution in [3.8, 4) is 0 Å². The number of carbonyl (C=O) groups excluding carboxylic acids is 3. The minimum atomic E-state index is -1.01. The smallest absolute Gasteiger partial charge is 0.243 e. The largest absolute Gasteiger partial charge is 0.370 e. The van der Waals surface area contributed by atoms with E-state index in [0.29, 0.717) is 19.4 Å². The van der Waals surface area contributed by atoms with Crippen molar-refractivity contribution in [3.05, 3.63) is 90.0 Å². The zero-order valence-electron chi connectivity index (χ0n) is 20.7. The highest BCUT2D eigenvalue weighted by Gasteiger charge is 2.34. The molecule has 3 rings (SSSR count). The first-order chi connectivity index (χ1) is 17.9. The predicted molar refractivity (Wildman–Crippen MR) is 141 cm³/mol. The minimum absolute atomic E-state index is 0.00675. The number of carbonyl (C=O) groups is 3. The molecule has 37 heavy (non-hydrogen) atoms. The number of nitrogens with zero attached hydrogens (tertiary/aromatic N) is 3. The number of imide groups is 1. The molecule has 0 saturated carbocycles. The molecule has 194 valence electrons. The molecule has 0 aliphatic rings. The highest BCUT2D eigenvalue weighted by Crippen LogP contribution is 2.15. The van der Waals surface area contributed by atoms with E-state index >= 15 is 0 Å². The molecule has 0 bridgehead atoms. The van der Waals surface area contributed by atoms with Crippen molar-refractivity contribution in [1.82, 2.24) is 20.2 Å². The van der Waals surface area contributed by atoms with Crippen LogP contribution in [0.3, 0.4) is 0 Å². The van der Waals surface area contributed by atoms with Gasteiger partial charge in [-0.1, -0.05) is 60.7 Å². The van der Waals surface area contributed by atoms with Gasteiger partial charge in [0.2, 0.25) is 17.7 Å². The Labute approximate surface area is 216 Å². The van der Waals surface area contributed by atoms with Crippen LogP contribution in [0.5, 0.6) is 0 Å². The molecule has 1 atom stereocenters. The van der Waals surface area contributed by atoms with E-state index in [4.69, 9.17) is 11.5 Å². The molecule has 3 amide bonds. The molecule has 1 aromatic heterocycles. The molecule has 10 nitrogen and oxygen atoms in total. The van der Waals surface area contributed by atoms with Crippen LogP contribution in [0.15, 0.2) is 78.2 Å². The summed E-state index contributed by atoms with van der Waals surface area (Å²) < 4.78 is 0. The summed E-state index contributed by atoms with van der Waals surface area (Å²) in [6, 6.07) is 17.3. The van der Waals surface area contributed by atoms with E-state index in [0.717, 1.165) is 21.7 Å². The van der Waals surface area contributed by atoms with Crippen molar-refractivity contribution in [2.75, 3.05) is 13.1 Å². The summed E-state index contributed by atoms with van der Waals surface area (Å²) in [6.45, 7) is 0.590. The van der Waals surface area contributed by atoms with Gasteiger partial charge in [-0.15, -0.1) is 0 Å². The van der Waals surface area contributed by atoms with Gasteiger partial charge in [0.25, 0.3) is 0 Å². The topological polar surface area (TPSA) is 160 Å². The summed E-state index contributed by atoms with van der Waals surface area (Å²) in [7, 11) is 0. The van der Waals surface area contributed by atoms with E-state index in [1.165, 1.54) is 0 Å². The quantitative estimate of drug-likeness (QED) is 0.156. The van der Waals surface area contributed by atoms with Gasteiger partial charge in [0.05, 0.1) is 19.2 Å². The maximum atomic E-state index is 13.5. The number of hydrogen-bond acceptors (Lipinski definition) is 5. The Hall–Kier alpha value is -4.47. The molecule has 2 aromatic carbocycles. The first kappa shape index (κ1) is 27.1. The zero-order chi connectivity index (χ0) is 26.5. The van der Waals surface area contributed by atoms with Crippen LogP contribution >= 0.6 is 0 Å². The van der Waals surface area contributed by atoms with Gasteiger partial charge in [-0.3, -0.25) is 24.3 Å². The third-order valence-corrected chi connectivity index (χ3v) is 5.73. The SMILES string of the molecule is NC(N)=NCCCC(C(=O)NCCc1cnc[nH]1)N(C(=O)Cc1ccccc1)C(=O)Cc1ccccc1. The summed E-state index contributed by atoms with van der Waals surface area (Å²) in [6.07, 6.45) is 4.38. The van der Waals surface area contributed by atoms with E-state index < -0.39 is 23.8 Å². The van der Waals surface area contributed by atoms with E-state index in [1.54, 1.807) is 12.5 Å². The number of nitrogens with one attached hydrogen (secondary N) is 2. The number of benzene rings is 2. The van der Waals surface area contributed by atoms with Gasteiger partial charge in [0, 0.05) is 31.4 Å². The van der Waals surface area contributed by atoms with Gasteiger partial charge < -0.3 is 21.8 Å². The number of aromatic nitrogens is 2. The molecule has 0 radical (unpaired) electrons. The van der Waals surface area contributed by atoms with E-state index in [9.17, 15) is 14.4 Å². The van der Waals surface area contributed by atoms with Gasteiger partial charge in [-0.25, -0.2) is 4.98 Å². The van der Waals surface area contributed by atoms with Crippen LogP contribution < -0.4 is 16.8 Å². The number of imidazole rings is 1. The van der Waals surface area contributed by atoms with E-state index in [1.807, 2.05) is 60.7 Å². The van der Waals surface area contributed by atoms with E-state index in [-0.39, 0.29) is 31.8 Å². The molecular weight excluding hydrogens is 470 g/mol. The lowest BCUT2D eigenvalue weighted by Crippen LogP contribution is -2.53. The van der Waals surface area contributed by atoms with Crippen molar-refractivity contribution in [3.63, 3.8) is 0 Å². The van der Waals surface area contributed by atoms with Crippen LogP contribution in [0.2, 0.25) is 0 Å². The minimum Gasteiger partial charge on any atom is -0.370 e. The molecule has 0 fully saturated rings. The van der Waals surface area contributed by atoms with Crippen LogP contribution in [0, 0.1) is 0 Å². The molecule has 0 aliphatic carbocycles. The second kappa shape index (κ2) is 14.2. The first-order valence-electron chi connectivity index (χ1n) is 12.2. The Balaban J connectivity index is 1.83. The molecule has 0 saturated heterocycles. The summed E-state index contributed by atoms with van der Waals surface area (Å²) >= 11 is 0. The highest BCUT2D eigenvalue weighted by molar-refractivity contribution is 6.01. The number of amides is 3. The third kappa shape index (κ3) is 8.92. The fourth-order valence-corrected chi connectivity index (χ4v) is 3.93. The van der Waals surface area contributed by atoms with Crippen LogP contribution in [0.4, 0.5) is 0 Å². The fourth-order valence-electron chi connectivity index (χ4n) is 3.93. The maximum Gasteiger partial charge on any atom is 0.243 e. The Morgan fingerprint density at radius 1 is 0.946 bits per heavy atom. The summed E-state index contributed by atoms with van der Waals surface area (Å²) in [4.78, 5) is 52.5. The van der Waals surface area contributed by atoms with E-state index in [2.05, 4.69) is 20.3 Å². The Kier molecular flexibility index (Phi) is 10.4. The lowest BCUT2D eigenvalue weighted by molar-refractivity contribution is -0.151. The summed E-state index contributed by atoms with van der Waals surface area (Å²) in [5.41, 5.74) is 13.2. The highest BCUT2D eigenvalue weighted by atomic mass is 16.2. The van der Waals surface area contributed by atoms with Crippen LogP contribution in [-0.2, 0) is 33.6 Å². The van der Waals surface area contributed by atoms with Crippen molar-refractivity contribution < 1.29 is 14.4 Å². The van der Waals surface area contributed by atoms with Crippen LogP contribution in [0.25, 0.3) is 0 Å². The van der Waals surface area contributed by atoms with Gasteiger partial charge in [0.15, 0.2) is 5.96 Å². The second-order valence-electron chi connectivity index (χ2n) is 8.56. The van der Waals surface area contributed by atoms with Crippen molar-refractivity contribution in [2.24, 2.45) is 16.5 Å². The van der Waals surface area contributed by atoms with Crippen molar-refractivity contribution >= 4 is 23.7 Å². The Bertz CT molecular complexity index is 1110. The number of aromatic amines is 1. The fraction of sp³-hybridized carbons (Fsp3) is 0.296. The summed E-state index contributed by atoms with van der Waals surface area (Å²) in [5, 5.41) is 2.87. The molecule has 6 N–H and O–H groups in total. The molecule has 0 spiro atoms. The lowest BCUT2D eigenvalue weighted by Gasteiger charge is -2.30. The normalized spacial score (nSPS) is 11.4. The average Bonchev–Trinajstić information content (AvgIpc) is 3.40. The maximum absolute atomic E-state index is 13.5. The standard InChI is InChI=1S/C27H33N7O3/c28-27(29)32-14-7-12-23(26(37)31-15-13-22-18-30-19-33-22)34(24(35)16-20-8-3-1-4-9-20)25(36)17-21-10-5-2-6-11-21/h1-6,8-11,18-19,23H,7,12-17H2,(H,30,33)(H,31,37)(H4,28,29,32). The summed E-state index contributed by atoms with van der Waals surface area (Å²) in [5.74, 6) is -1.35. The number of nitrogens with two attached hydrogens (primary N) is 2.